The minimum Gasteiger partial charge on any atom is -0.399 e. The van der Waals surface area contributed by atoms with E-state index in [1.54, 1.807) is 0 Å². The zero-order chi connectivity index (χ0) is 28.4. The predicted octanol–water partition coefficient (Wildman–Crippen LogP) is 7.60. The van der Waals surface area contributed by atoms with Crippen LogP contribution in [0.25, 0.3) is 22.3 Å². The van der Waals surface area contributed by atoms with E-state index in [1.165, 1.54) is 33.4 Å². The van der Waals surface area contributed by atoms with Crippen LogP contribution < -0.4 is 11.2 Å². The van der Waals surface area contributed by atoms with Crippen LogP contribution in [-0.2, 0) is 14.7 Å². The molecule has 1 saturated heterocycles. The standard InChI is InChI=1S/C37H34BNO2/c1-35(2)36(3,4)41-38(40-35)33-20-12-17-28(34(33)39)25-21-23-27(24-22-25)37(26-13-6-5-7-14-26)31-18-10-8-15-29(31)30-16-9-11-19-32(30)37/h5-24H,39H2,1-4H3. The van der Waals surface area contributed by atoms with Crippen molar-refractivity contribution < 1.29 is 9.31 Å². The molecule has 202 valence electrons. The van der Waals surface area contributed by atoms with Crippen molar-refractivity contribution in [2.24, 2.45) is 0 Å². The lowest BCUT2D eigenvalue weighted by Gasteiger charge is -2.34. The van der Waals surface area contributed by atoms with Gasteiger partial charge in [-0.3, -0.25) is 0 Å². The fraction of sp³-hybridized carbons (Fsp3) is 0.189. The van der Waals surface area contributed by atoms with Crippen molar-refractivity contribution in [2.75, 3.05) is 5.73 Å². The Balaban J connectivity index is 1.36. The molecule has 1 heterocycles. The van der Waals surface area contributed by atoms with Gasteiger partial charge in [-0.1, -0.05) is 121 Å². The zero-order valence-electron chi connectivity index (χ0n) is 24.0. The van der Waals surface area contributed by atoms with Crippen molar-refractivity contribution in [3.8, 4) is 22.3 Å². The molecule has 1 aliphatic carbocycles. The van der Waals surface area contributed by atoms with Crippen molar-refractivity contribution >= 4 is 18.3 Å². The molecule has 2 N–H and O–H groups in total. The summed E-state index contributed by atoms with van der Waals surface area (Å²) in [7, 11) is -0.507. The maximum atomic E-state index is 6.82. The summed E-state index contributed by atoms with van der Waals surface area (Å²) in [5.41, 5.74) is 16.8. The molecule has 0 aromatic heterocycles. The number of hydrogen-bond acceptors (Lipinski definition) is 3. The number of fused-ring (bicyclic) bond motifs is 3. The Morgan fingerprint density at radius 1 is 0.512 bits per heavy atom. The molecule has 1 fully saturated rings. The molecule has 0 bridgehead atoms. The molecule has 0 spiro atoms. The second-order valence-corrected chi connectivity index (χ2v) is 12.2. The minimum atomic E-state index is -0.507. The van der Waals surface area contributed by atoms with E-state index in [9.17, 15) is 0 Å². The number of benzene rings is 5. The van der Waals surface area contributed by atoms with Crippen LogP contribution in [0.3, 0.4) is 0 Å². The van der Waals surface area contributed by atoms with Crippen LogP contribution in [0.1, 0.15) is 49.9 Å². The van der Waals surface area contributed by atoms with Gasteiger partial charge in [-0.15, -0.1) is 0 Å². The van der Waals surface area contributed by atoms with Gasteiger partial charge in [0.15, 0.2) is 0 Å². The SMILES string of the molecule is CC1(C)OB(c2cccc(-c3ccc(C4(c5ccccc5)c5ccccc5-c5ccccc54)cc3)c2N)OC1(C)C. The van der Waals surface area contributed by atoms with E-state index in [4.69, 9.17) is 15.0 Å². The van der Waals surface area contributed by atoms with Crippen molar-refractivity contribution in [2.45, 2.75) is 44.3 Å². The highest BCUT2D eigenvalue weighted by atomic mass is 16.7. The molecule has 1 aliphatic heterocycles. The Labute approximate surface area is 243 Å². The molecule has 0 atom stereocenters. The highest BCUT2D eigenvalue weighted by Gasteiger charge is 2.52. The Morgan fingerprint density at radius 3 is 1.59 bits per heavy atom. The lowest BCUT2D eigenvalue weighted by atomic mass is 9.67. The molecule has 0 unspecified atom stereocenters. The molecule has 4 heteroatoms. The molecular formula is C37H34BNO2. The molecule has 0 radical (unpaired) electrons. The third-order valence-corrected chi connectivity index (χ3v) is 9.44. The molecule has 0 amide bonds. The van der Waals surface area contributed by atoms with E-state index in [0.717, 1.165) is 16.6 Å². The molecule has 5 aromatic carbocycles. The smallest absolute Gasteiger partial charge is 0.399 e. The maximum Gasteiger partial charge on any atom is 0.496 e. The van der Waals surface area contributed by atoms with Gasteiger partial charge in [-0.25, -0.2) is 0 Å². The summed E-state index contributed by atoms with van der Waals surface area (Å²) >= 11 is 0. The predicted molar refractivity (Wildman–Crippen MR) is 169 cm³/mol. The number of rotatable bonds is 4. The van der Waals surface area contributed by atoms with Crippen LogP contribution in [-0.4, -0.2) is 18.3 Å². The maximum absolute atomic E-state index is 6.82. The molecule has 3 nitrogen and oxygen atoms in total. The highest BCUT2D eigenvalue weighted by molar-refractivity contribution is 6.64. The first-order chi connectivity index (χ1) is 19.7. The van der Waals surface area contributed by atoms with E-state index >= 15 is 0 Å². The van der Waals surface area contributed by atoms with E-state index in [-0.39, 0.29) is 0 Å². The summed E-state index contributed by atoms with van der Waals surface area (Å²) in [6, 6.07) is 43.5. The normalized spacial score (nSPS) is 17.7. The summed E-state index contributed by atoms with van der Waals surface area (Å²) in [4.78, 5) is 0. The quantitative estimate of drug-likeness (QED) is 0.187. The van der Waals surface area contributed by atoms with Gasteiger partial charge in [0.05, 0.1) is 16.6 Å². The van der Waals surface area contributed by atoms with E-state index in [1.807, 2.05) is 12.1 Å². The van der Waals surface area contributed by atoms with Crippen molar-refractivity contribution in [3.63, 3.8) is 0 Å². The van der Waals surface area contributed by atoms with Gasteiger partial charge in [0.1, 0.15) is 0 Å². The highest BCUT2D eigenvalue weighted by Crippen LogP contribution is 2.56. The first-order valence-corrected chi connectivity index (χ1v) is 14.3. The third-order valence-electron chi connectivity index (χ3n) is 9.44. The summed E-state index contributed by atoms with van der Waals surface area (Å²) < 4.78 is 12.7. The van der Waals surface area contributed by atoms with Crippen LogP contribution in [0.2, 0.25) is 0 Å². The lowest BCUT2D eigenvalue weighted by Crippen LogP contribution is -2.41. The van der Waals surface area contributed by atoms with Gasteiger partial charge in [0.2, 0.25) is 0 Å². The van der Waals surface area contributed by atoms with E-state index in [2.05, 4.69) is 137 Å². The van der Waals surface area contributed by atoms with Gasteiger partial charge in [0, 0.05) is 16.7 Å². The van der Waals surface area contributed by atoms with Crippen LogP contribution in [0.4, 0.5) is 5.69 Å². The monoisotopic (exact) mass is 535 g/mol. The summed E-state index contributed by atoms with van der Waals surface area (Å²) in [6.45, 7) is 8.25. The van der Waals surface area contributed by atoms with E-state index < -0.39 is 23.7 Å². The van der Waals surface area contributed by atoms with Gasteiger partial charge in [-0.2, -0.15) is 0 Å². The first-order valence-electron chi connectivity index (χ1n) is 14.3. The molecule has 2 aliphatic rings. The van der Waals surface area contributed by atoms with Gasteiger partial charge in [-0.05, 0) is 66.6 Å². The number of anilines is 1. The largest absolute Gasteiger partial charge is 0.496 e. The van der Waals surface area contributed by atoms with Gasteiger partial charge < -0.3 is 15.0 Å². The van der Waals surface area contributed by atoms with Crippen molar-refractivity contribution in [1.82, 2.24) is 0 Å². The minimum absolute atomic E-state index is 0.414. The lowest BCUT2D eigenvalue weighted by molar-refractivity contribution is 0.00578. The summed E-state index contributed by atoms with van der Waals surface area (Å²) in [5.74, 6) is 0. The first kappa shape index (κ1) is 25.8. The molecular weight excluding hydrogens is 501 g/mol. The van der Waals surface area contributed by atoms with Crippen LogP contribution in [0, 0.1) is 0 Å². The second kappa shape index (κ2) is 9.20. The molecule has 7 rings (SSSR count). The topological polar surface area (TPSA) is 44.5 Å². The number of nitrogens with two attached hydrogens (primary N) is 1. The van der Waals surface area contributed by atoms with Gasteiger partial charge >= 0.3 is 7.12 Å². The van der Waals surface area contributed by atoms with Crippen molar-refractivity contribution in [3.05, 3.63) is 144 Å². The van der Waals surface area contributed by atoms with E-state index in [0.29, 0.717) is 5.69 Å². The zero-order valence-corrected chi connectivity index (χ0v) is 24.0. The van der Waals surface area contributed by atoms with Crippen LogP contribution >= 0.6 is 0 Å². The fourth-order valence-electron chi connectivity index (χ4n) is 6.62. The molecule has 41 heavy (non-hydrogen) atoms. The average molecular weight is 535 g/mol. The Morgan fingerprint density at radius 2 is 1.00 bits per heavy atom. The molecule has 5 aromatic rings. The average Bonchev–Trinajstić information content (AvgIpc) is 3.40. The molecule has 0 saturated carbocycles. The fourth-order valence-corrected chi connectivity index (χ4v) is 6.62. The van der Waals surface area contributed by atoms with Gasteiger partial charge in [0.25, 0.3) is 0 Å². The summed E-state index contributed by atoms with van der Waals surface area (Å²) in [5, 5.41) is 0. The Kier molecular flexibility index (Phi) is 5.80. The van der Waals surface area contributed by atoms with Crippen LogP contribution in [0.15, 0.2) is 121 Å². The number of nitrogen functional groups attached to an aromatic ring is 1. The number of para-hydroxylation sites is 1. The number of hydrogen-bond donors (Lipinski definition) is 1. The third kappa shape index (κ3) is 3.75. The summed E-state index contributed by atoms with van der Waals surface area (Å²) in [6.07, 6.45) is 0. The Bertz CT molecular complexity index is 1700. The van der Waals surface area contributed by atoms with Crippen molar-refractivity contribution in [1.29, 1.82) is 0 Å². The Hall–Kier alpha value is -4.12. The van der Waals surface area contributed by atoms with Crippen LogP contribution in [0.5, 0.6) is 0 Å². The second-order valence-electron chi connectivity index (χ2n) is 12.2.